The monoisotopic (exact) mass is 284 g/mol. The number of nitrogens with one attached hydrogen (secondary N) is 1. The fraction of sp³-hybridized carbons (Fsp3) is 0.571. The molecule has 5 heteroatoms. The Bertz CT molecular complexity index is 498. The lowest BCUT2D eigenvalue weighted by Crippen LogP contribution is -2.25. The number of hydrogen-bond acceptors (Lipinski definition) is 3. The predicted molar refractivity (Wildman–Crippen MR) is 78.7 cm³/mol. The van der Waals surface area contributed by atoms with Gasteiger partial charge in [0.05, 0.1) is 4.90 Å². The van der Waals surface area contributed by atoms with E-state index >= 15 is 0 Å². The first kappa shape index (κ1) is 16.1. The minimum Gasteiger partial charge on any atom is -0.330 e. The Kier molecular flexibility index (Phi) is 6.48. The molecule has 0 unspecified atom stereocenters. The van der Waals surface area contributed by atoms with Gasteiger partial charge in [-0.05, 0) is 55.5 Å². The number of nitrogens with two attached hydrogens (primary N) is 1. The van der Waals surface area contributed by atoms with Gasteiger partial charge < -0.3 is 5.73 Å². The van der Waals surface area contributed by atoms with Crippen molar-refractivity contribution >= 4 is 10.0 Å². The molecule has 0 heterocycles. The van der Waals surface area contributed by atoms with Gasteiger partial charge in [-0.3, -0.25) is 0 Å². The molecule has 0 aromatic heterocycles. The van der Waals surface area contributed by atoms with E-state index in [-0.39, 0.29) is 0 Å². The summed E-state index contributed by atoms with van der Waals surface area (Å²) in [6.07, 6.45) is 3.37. The number of hydrogen-bond donors (Lipinski definition) is 2. The van der Waals surface area contributed by atoms with Gasteiger partial charge in [0.1, 0.15) is 0 Å². The van der Waals surface area contributed by atoms with Crippen molar-refractivity contribution in [3.8, 4) is 0 Å². The summed E-state index contributed by atoms with van der Waals surface area (Å²) in [6, 6.07) is 5.38. The smallest absolute Gasteiger partial charge is 0.240 e. The molecule has 0 bridgehead atoms. The summed E-state index contributed by atoms with van der Waals surface area (Å²) >= 11 is 0. The van der Waals surface area contributed by atoms with E-state index in [1.165, 1.54) is 5.56 Å². The van der Waals surface area contributed by atoms with E-state index in [9.17, 15) is 8.42 Å². The van der Waals surface area contributed by atoms with E-state index in [0.717, 1.165) is 31.2 Å². The van der Waals surface area contributed by atoms with E-state index in [1.54, 1.807) is 12.1 Å². The zero-order chi connectivity index (χ0) is 14.3. The lowest BCUT2D eigenvalue weighted by atomic mass is 10.0. The second-order valence-electron chi connectivity index (χ2n) is 4.53. The summed E-state index contributed by atoms with van der Waals surface area (Å²) in [5, 5.41) is 0. The van der Waals surface area contributed by atoms with Crippen LogP contribution in [0.3, 0.4) is 0 Å². The average Bonchev–Trinajstić information content (AvgIpc) is 2.42. The molecule has 1 aromatic carbocycles. The van der Waals surface area contributed by atoms with Crippen molar-refractivity contribution in [1.82, 2.24) is 4.72 Å². The molecule has 0 aliphatic rings. The molecule has 0 aliphatic carbocycles. The third-order valence-corrected chi connectivity index (χ3v) is 4.63. The van der Waals surface area contributed by atoms with Crippen molar-refractivity contribution in [2.75, 3.05) is 13.1 Å². The fourth-order valence-corrected chi connectivity index (χ4v) is 3.13. The van der Waals surface area contributed by atoms with E-state index in [0.29, 0.717) is 18.0 Å². The molecule has 19 heavy (non-hydrogen) atoms. The highest BCUT2D eigenvalue weighted by atomic mass is 32.2. The van der Waals surface area contributed by atoms with Crippen LogP contribution in [0.2, 0.25) is 0 Å². The van der Waals surface area contributed by atoms with Crippen LogP contribution in [0.1, 0.15) is 37.8 Å². The first-order valence-electron chi connectivity index (χ1n) is 6.86. The highest BCUT2D eigenvalue weighted by Crippen LogP contribution is 2.17. The Labute approximate surface area is 116 Å². The highest BCUT2D eigenvalue weighted by molar-refractivity contribution is 7.89. The van der Waals surface area contributed by atoms with Gasteiger partial charge >= 0.3 is 0 Å². The molecule has 4 nitrogen and oxygen atoms in total. The lowest BCUT2D eigenvalue weighted by molar-refractivity contribution is 0.577. The van der Waals surface area contributed by atoms with Crippen molar-refractivity contribution in [1.29, 1.82) is 0 Å². The van der Waals surface area contributed by atoms with Crippen molar-refractivity contribution in [3.05, 3.63) is 29.3 Å². The second-order valence-corrected chi connectivity index (χ2v) is 6.30. The van der Waals surface area contributed by atoms with E-state index < -0.39 is 10.0 Å². The van der Waals surface area contributed by atoms with Crippen LogP contribution in [-0.4, -0.2) is 21.5 Å². The normalized spacial score (nSPS) is 11.7. The van der Waals surface area contributed by atoms with Crippen LogP contribution in [-0.2, 0) is 22.9 Å². The molecular weight excluding hydrogens is 260 g/mol. The molecule has 0 radical (unpaired) electrons. The molecular formula is C14H24N2O2S. The first-order chi connectivity index (χ1) is 9.05. The molecule has 0 fully saturated rings. The topological polar surface area (TPSA) is 72.2 Å². The van der Waals surface area contributed by atoms with Crippen molar-refractivity contribution in [2.45, 2.75) is 44.4 Å². The van der Waals surface area contributed by atoms with Crippen molar-refractivity contribution in [3.63, 3.8) is 0 Å². The molecule has 0 saturated heterocycles. The van der Waals surface area contributed by atoms with Gasteiger partial charge in [0.25, 0.3) is 0 Å². The molecule has 1 rings (SSSR count). The molecule has 0 atom stereocenters. The number of sulfonamides is 1. The van der Waals surface area contributed by atoms with E-state index in [1.807, 2.05) is 13.0 Å². The lowest BCUT2D eigenvalue weighted by Gasteiger charge is -2.10. The molecule has 0 spiro atoms. The zero-order valence-electron chi connectivity index (χ0n) is 11.8. The molecule has 108 valence electrons. The summed E-state index contributed by atoms with van der Waals surface area (Å²) < 4.78 is 26.9. The number of unbranched alkanes of at least 4 members (excludes halogenated alkanes) is 1. The third kappa shape index (κ3) is 4.60. The standard InChI is InChI=1S/C14H24N2O2S/c1-3-12-7-8-14(11-13(12)4-2)19(17,18)16-10-6-5-9-15/h7-8,11,16H,3-6,9-10,15H2,1-2H3. The Morgan fingerprint density at radius 1 is 1.11 bits per heavy atom. The Hall–Kier alpha value is -0.910. The summed E-state index contributed by atoms with van der Waals surface area (Å²) in [6.45, 7) is 5.15. The average molecular weight is 284 g/mol. The minimum atomic E-state index is -3.39. The second kappa shape index (κ2) is 7.62. The highest BCUT2D eigenvalue weighted by Gasteiger charge is 2.14. The maximum absolute atomic E-state index is 12.1. The molecule has 0 saturated carbocycles. The predicted octanol–water partition coefficient (Wildman–Crippen LogP) is 1.83. The summed E-state index contributed by atoms with van der Waals surface area (Å²) in [5.41, 5.74) is 7.70. The SMILES string of the molecule is CCc1ccc(S(=O)(=O)NCCCCN)cc1CC. The Balaban J connectivity index is 2.83. The van der Waals surface area contributed by atoms with Crippen LogP contribution in [0.5, 0.6) is 0 Å². The van der Waals surface area contributed by atoms with Gasteiger partial charge in [0, 0.05) is 6.54 Å². The van der Waals surface area contributed by atoms with Crippen LogP contribution >= 0.6 is 0 Å². The number of rotatable bonds is 8. The summed E-state index contributed by atoms with van der Waals surface area (Å²) in [4.78, 5) is 0.356. The quantitative estimate of drug-likeness (QED) is 0.715. The van der Waals surface area contributed by atoms with Gasteiger partial charge in [0.2, 0.25) is 10.0 Å². The summed E-state index contributed by atoms with van der Waals surface area (Å²) in [7, 11) is -3.39. The fourth-order valence-electron chi connectivity index (χ4n) is 2.00. The summed E-state index contributed by atoms with van der Waals surface area (Å²) in [5.74, 6) is 0. The molecule has 3 N–H and O–H groups in total. The van der Waals surface area contributed by atoms with Crippen LogP contribution in [0, 0.1) is 0 Å². The van der Waals surface area contributed by atoms with Crippen molar-refractivity contribution in [2.24, 2.45) is 5.73 Å². The van der Waals surface area contributed by atoms with Crippen LogP contribution in [0.4, 0.5) is 0 Å². The Morgan fingerprint density at radius 3 is 2.37 bits per heavy atom. The minimum absolute atomic E-state index is 0.356. The number of benzene rings is 1. The molecule has 0 amide bonds. The maximum atomic E-state index is 12.1. The van der Waals surface area contributed by atoms with E-state index in [4.69, 9.17) is 5.73 Å². The van der Waals surface area contributed by atoms with Crippen LogP contribution in [0.15, 0.2) is 23.1 Å². The Morgan fingerprint density at radius 2 is 1.79 bits per heavy atom. The van der Waals surface area contributed by atoms with Crippen LogP contribution < -0.4 is 10.5 Å². The maximum Gasteiger partial charge on any atom is 0.240 e. The molecule has 1 aromatic rings. The third-order valence-electron chi connectivity index (χ3n) is 3.17. The van der Waals surface area contributed by atoms with Crippen LogP contribution in [0.25, 0.3) is 0 Å². The number of aryl methyl sites for hydroxylation is 2. The van der Waals surface area contributed by atoms with Gasteiger partial charge in [-0.2, -0.15) is 0 Å². The van der Waals surface area contributed by atoms with Gasteiger partial charge in [0.15, 0.2) is 0 Å². The van der Waals surface area contributed by atoms with Gasteiger partial charge in [-0.25, -0.2) is 13.1 Å². The van der Waals surface area contributed by atoms with Gasteiger partial charge in [-0.1, -0.05) is 19.9 Å². The van der Waals surface area contributed by atoms with E-state index in [2.05, 4.69) is 11.6 Å². The van der Waals surface area contributed by atoms with Gasteiger partial charge in [-0.15, -0.1) is 0 Å². The largest absolute Gasteiger partial charge is 0.330 e. The zero-order valence-corrected chi connectivity index (χ0v) is 12.6. The van der Waals surface area contributed by atoms with Crippen molar-refractivity contribution < 1.29 is 8.42 Å². The first-order valence-corrected chi connectivity index (χ1v) is 8.35. The molecule has 0 aliphatic heterocycles.